The van der Waals surface area contributed by atoms with Crippen LogP contribution < -0.4 is 10.1 Å². The number of carboxylic acid groups (broad SMARTS) is 1. The van der Waals surface area contributed by atoms with E-state index in [4.69, 9.17) is 21.4 Å². The molecule has 0 aromatic heterocycles. The zero-order chi connectivity index (χ0) is 14.7. The van der Waals surface area contributed by atoms with Crippen LogP contribution in [-0.2, 0) is 4.79 Å². The third-order valence-corrected chi connectivity index (χ3v) is 4.16. The Morgan fingerprint density at radius 3 is 2.95 bits per heavy atom. The number of thioether (sulfide) groups is 1. The number of hydrogen-bond donors (Lipinski definition) is 2. The highest BCUT2D eigenvalue weighted by molar-refractivity contribution is 7.99. The van der Waals surface area contributed by atoms with Crippen LogP contribution in [0.2, 0.25) is 5.02 Å². The smallest absolute Gasteiger partial charge is 0.327 e. The molecule has 6 nitrogen and oxygen atoms in total. The summed E-state index contributed by atoms with van der Waals surface area (Å²) in [4.78, 5) is 24.4. The zero-order valence-corrected chi connectivity index (χ0v) is 12.2. The number of urea groups is 1. The molecule has 1 aliphatic rings. The lowest BCUT2D eigenvalue weighted by Crippen LogP contribution is -2.43. The molecule has 2 N–H and O–H groups in total. The minimum atomic E-state index is -1.00. The fourth-order valence-corrected chi connectivity index (χ4v) is 3.12. The van der Waals surface area contributed by atoms with E-state index in [-0.39, 0.29) is 0 Å². The van der Waals surface area contributed by atoms with E-state index < -0.39 is 18.0 Å². The summed E-state index contributed by atoms with van der Waals surface area (Å²) in [6, 6.07) is 3.56. The molecule has 1 unspecified atom stereocenters. The van der Waals surface area contributed by atoms with Crippen molar-refractivity contribution >= 4 is 41.1 Å². The summed E-state index contributed by atoms with van der Waals surface area (Å²) in [5.74, 6) is 0.189. The van der Waals surface area contributed by atoms with Crippen molar-refractivity contribution in [1.29, 1.82) is 0 Å². The lowest BCUT2D eigenvalue weighted by molar-refractivity contribution is -0.140. The minimum absolute atomic E-state index is 0.355. The van der Waals surface area contributed by atoms with Crippen molar-refractivity contribution in [2.24, 2.45) is 0 Å². The van der Waals surface area contributed by atoms with Gasteiger partial charge in [0.25, 0.3) is 0 Å². The van der Waals surface area contributed by atoms with Gasteiger partial charge in [0.15, 0.2) is 0 Å². The number of nitrogens with one attached hydrogen (secondary N) is 1. The molecule has 1 aromatic carbocycles. The Bertz CT molecular complexity index is 540. The van der Waals surface area contributed by atoms with Gasteiger partial charge in [0.05, 0.1) is 18.0 Å². The van der Waals surface area contributed by atoms with Crippen molar-refractivity contribution in [2.75, 3.05) is 24.1 Å². The highest BCUT2D eigenvalue weighted by Gasteiger charge is 2.34. The van der Waals surface area contributed by atoms with Crippen molar-refractivity contribution in [3.05, 3.63) is 23.2 Å². The number of aliphatic carboxylic acids is 1. The molecule has 1 aromatic rings. The Balaban J connectivity index is 2.09. The van der Waals surface area contributed by atoms with Crippen LogP contribution in [0.5, 0.6) is 5.75 Å². The average Bonchev–Trinajstić information content (AvgIpc) is 2.90. The van der Waals surface area contributed by atoms with E-state index in [0.717, 1.165) is 0 Å². The maximum absolute atomic E-state index is 12.1. The first-order valence-electron chi connectivity index (χ1n) is 5.74. The Hall–Kier alpha value is -1.60. The van der Waals surface area contributed by atoms with E-state index in [1.807, 2.05) is 0 Å². The van der Waals surface area contributed by atoms with E-state index in [2.05, 4.69) is 5.32 Å². The van der Waals surface area contributed by atoms with E-state index in [1.54, 1.807) is 18.2 Å². The molecule has 0 spiro atoms. The van der Waals surface area contributed by atoms with Crippen LogP contribution in [0.1, 0.15) is 0 Å². The fraction of sp³-hybridized carbons (Fsp3) is 0.333. The molecule has 0 saturated carbocycles. The van der Waals surface area contributed by atoms with Gasteiger partial charge in [-0.3, -0.25) is 0 Å². The second kappa shape index (κ2) is 6.23. The highest BCUT2D eigenvalue weighted by Crippen LogP contribution is 2.28. The van der Waals surface area contributed by atoms with Gasteiger partial charge in [-0.2, -0.15) is 0 Å². The first-order valence-corrected chi connectivity index (χ1v) is 7.28. The molecular weight excluding hydrogens is 304 g/mol. The quantitative estimate of drug-likeness (QED) is 0.895. The summed E-state index contributed by atoms with van der Waals surface area (Å²) in [6.45, 7) is 0. The predicted octanol–water partition coefficient (Wildman–Crippen LogP) is 2.34. The zero-order valence-electron chi connectivity index (χ0n) is 10.6. The number of amides is 2. The van der Waals surface area contributed by atoms with Crippen LogP contribution in [0.4, 0.5) is 10.5 Å². The monoisotopic (exact) mass is 316 g/mol. The number of nitrogens with zero attached hydrogens (tertiary/aromatic N) is 1. The number of carboxylic acids is 1. The van der Waals surface area contributed by atoms with Gasteiger partial charge >= 0.3 is 12.0 Å². The first-order chi connectivity index (χ1) is 9.52. The molecule has 1 fully saturated rings. The third-order valence-electron chi connectivity index (χ3n) is 2.83. The number of hydrogen-bond acceptors (Lipinski definition) is 4. The molecule has 20 heavy (non-hydrogen) atoms. The Labute approximate surface area is 125 Å². The number of anilines is 1. The van der Waals surface area contributed by atoms with Crippen LogP contribution in [0.25, 0.3) is 0 Å². The lowest BCUT2D eigenvalue weighted by Gasteiger charge is -2.21. The van der Waals surface area contributed by atoms with E-state index in [9.17, 15) is 9.59 Å². The third kappa shape index (κ3) is 3.10. The number of carbonyl (C=O) groups is 2. The molecule has 1 aliphatic heterocycles. The van der Waals surface area contributed by atoms with Crippen molar-refractivity contribution in [3.63, 3.8) is 0 Å². The maximum atomic E-state index is 12.1. The van der Waals surface area contributed by atoms with Crippen LogP contribution >= 0.6 is 23.4 Å². The summed E-state index contributed by atoms with van der Waals surface area (Å²) >= 11 is 7.30. The van der Waals surface area contributed by atoms with Gasteiger partial charge in [0, 0.05) is 17.5 Å². The largest absolute Gasteiger partial charge is 0.495 e. The number of halogens is 1. The topological polar surface area (TPSA) is 78.9 Å². The number of benzene rings is 1. The first kappa shape index (κ1) is 14.8. The molecule has 0 bridgehead atoms. The lowest BCUT2D eigenvalue weighted by atomic mass is 10.3. The molecule has 108 valence electrons. The number of ether oxygens (including phenoxy) is 1. The fourth-order valence-electron chi connectivity index (χ4n) is 1.78. The number of methoxy groups -OCH3 is 1. The second-order valence-electron chi connectivity index (χ2n) is 4.10. The molecule has 8 heteroatoms. The van der Waals surface area contributed by atoms with Crippen LogP contribution in [-0.4, -0.2) is 46.8 Å². The van der Waals surface area contributed by atoms with Crippen molar-refractivity contribution in [2.45, 2.75) is 6.04 Å². The normalized spacial score (nSPS) is 17.9. The van der Waals surface area contributed by atoms with Gasteiger partial charge < -0.3 is 20.1 Å². The van der Waals surface area contributed by atoms with Gasteiger partial charge in [0.1, 0.15) is 11.8 Å². The maximum Gasteiger partial charge on any atom is 0.327 e. The molecule has 1 heterocycles. The molecule has 0 aliphatic carbocycles. The molecule has 1 atom stereocenters. The van der Waals surface area contributed by atoms with Gasteiger partial charge in [-0.05, 0) is 12.1 Å². The second-order valence-corrected chi connectivity index (χ2v) is 5.51. The average molecular weight is 317 g/mol. The van der Waals surface area contributed by atoms with Crippen LogP contribution in [0, 0.1) is 0 Å². The minimum Gasteiger partial charge on any atom is -0.495 e. The standard InChI is InChI=1S/C12H13ClN2O4S/c1-19-10-4-7(2-3-8(10)13)14-12(18)15-6-20-5-9(15)11(16)17/h2-4,9H,5-6H2,1H3,(H,14,18)(H,16,17). The number of carbonyl (C=O) groups excluding carboxylic acids is 1. The van der Waals surface area contributed by atoms with Gasteiger partial charge in [-0.15, -0.1) is 11.8 Å². The van der Waals surface area contributed by atoms with Gasteiger partial charge in [0.2, 0.25) is 0 Å². The predicted molar refractivity (Wildman–Crippen MR) is 77.6 cm³/mol. The van der Waals surface area contributed by atoms with Crippen molar-refractivity contribution in [1.82, 2.24) is 4.90 Å². The molecular formula is C12H13ClN2O4S. The van der Waals surface area contributed by atoms with E-state index >= 15 is 0 Å². The summed E-state index contributed by atoms with van der Waals surface area (Å²) in [5, 5.41) is 12.1. The molecule has 2 rings (SSSR count). The summed E-state index contributed by atoms with van der Waals surface area (Å²) in [5.41, 5.74) is 0.497. The van der Waals surface area contributed by atoms with Gasteiger partial charge in [-0.25, -0.2) is 9.59 Å². The Morgan fingerprint density at radius 2 is 2.30 bits per heavy atom. The summed E-state index contributed by atoms with van der Waals surface area (Å²) in [6.07, 6.45) is 0. The summed E-state index contributed by atoms with van der Waals surface area (Å²) < 4.78 is 5.06. The van der Waals surface area contributed by atoms with Crippen molar-refractivity contribution < 1.29 is 19.4 Å². The SMILES string of the molecule is COc1cc(NC(=O)N2CSCC2C(=O)O)ccc1Cl. The van der Waals surface area contributed by atoms with Crippen LogP contribution in [0.3, 0.4) is 0 Å². The molecule has 1 saturated heterocycles. The number of rotatable bonds is 3. The summed E-state index contributed by atoms with van der Waals surface area (Å²) in [7, 11) is 1.48. The van der Waals surface area contributed by atoms with Crippen molar-refractivity contribution in [3.8, 4) is 5.75 Å². The van der Waals surface area contributed by atoms with E-state index in [0.29, 0.717) is 28.1 Å². The molecule has 0 radical (unpaired) electrons. The highest BCUT2D eigenvalue weighted by atomic mass is 35.5. The van der Waals surface area contributed by atoms with E-state index in [1.165, 1.54) is 23.8 Å². The Morgan fingerprint density at radius 1 is 1.55 bits per heavy atom. The Kier molecular flexibility index (Phi) is 4.61. The van der Waals surface area contributed by atoms with Crippen LogP contribution in [0.15, 0.2) is 18.2 Å². The molecule has 2 amide bonds. The van der Waals surface area contributed by atoms with Gasteiger partial charge in [-0.1, -0.05) is 11.6 Å².